The molecule has 4 nitrogen and oxygen atoms in total. The van der Waals surface area contributed by atoms with E-state index in [2.05, 4.69) is 5.32 Å². The summed E-state index contributed by atoms with van der Waals surface area (Å²) in [6.07, 6.45) is 5.26. The summed E-state index contributed by atoms with van der Waals surface area (Å²) in [5, 5.41) is 3.21. The van der Waals surface area contributed by atoms with E-state index in [0.29, 0.717) is 12.5 Å². The molecule has 0 aromatic carbocycles. The molecule has 1 atom stereocenters. The average molecular weight is 227 g/mol. The predicted molar refractivity (Wildman–Crippen MR) is 60.1 cm³/mol. The van der Waals surface area contributed by atoms with Crippen molar-refractivity contribution in [1.29, 1.82) is 0 Å². The zero-order valence-electron chi connectivity index (χ0n) is 9.74. The summed E-state index contributed by atoms with van der Waals surface area (Å²) in [5.74, 6) is 0.437. The van der Waals surface area contributed by atoms with Gasteiger partial charge in [0.15, 0.2) is 0 Å². The molecule has 4 heteroatoms. The monoisotopic (exact) mass is 227 g/mol. The number of piperidine rings is 1. The number of hydrogen-bond acceptors (Lipinski definition) is 4. The Bertz CT molecular complexity index is 220. The van der Waals surface area contributed by atoms with Crippen LogP contribution in [0, 0.1) is 5.92 Å². The summed E-state index contributed by atoms with van der Waals surface area (Å²) in [5.41, 5.74) is 0. The van der Waals surface area contributed by atoms with Crippen LogP contribution in [0.1, 0.15) is 32.1 Å². The molecule has 0 unspecified atom stereocenters. The van der Waals surface area contributed by atoms with Crippen LogP contribution in [0.15, 0.2) is 0 Å². The molecule has 0 amide bonds. The van der Waals surface area contributed by atoms with Crippen molar-refractivity contribution in [2.75, 3.05) is 26.4 Å². The van der Waals surface area contributed by atoms with E-state index in [9.17, 15) is 4.79 Å². The van der Waals surface area contributed by atoms with E-state index in [1.54, 1.807) is 0 Å². The molecule has 2 saturated heterocycles. The minimum Gasteiger partial charge on any atom is -0.464 e. The Morgan fingerprint density at radius 3 is 2.75 bits per heavy atom. The summed E-state index contributed by atoms with van der Waals surface area (Å²) in [6.45, 7) is 3.13. The van der Waals surface area contributed by atoms with Gasteiger partial charge in [0.05, 0.1) is 6.61 Å². The standard InChI is InChI=1S/C12H21NO3/c14-12(11-3-1-2-6-13-11)16-9-10-4-7-15-8-5-10/h10-11,13H,1-9H2/t11-/m1/s1. The molecule has 0 spiro atoms. The van der Waals surface area contributed by atoms with Gasteiger partial charge >= 0.3 is 5.97 Å². The molecule has 0 aliphatic carbocycles. The van der Waals surface area contributed by atoms with Gasteiger partial charge in [-0.15, -0.1) is 0 Å². The third-order valence-corrected chi connectivity index (χ3v) is 3.40. The van der Waals surface area contributed by atoms with Gasteiger partial charge in [0.25, 0.3) is 0 Å². The molecule has 2 aliphatic heterocycles. The lowest BCUT2D eigenvalue weighted by molar-refractivity contribution is -0.149. The van der Waals surface area contributed by atoms with Crippen LogP contribution >= 0.6 is 0 Å². The number of carbonyl (C=O) groups excluding carboxylic acids is 1. The minimum absolute atomic E-state index is 0.0615. The van der Waals surface area contributed by atoms with Gasteiger partial charge in [0.2, 0.25) is 0 Å². The highest BCUT2D eigenvalue weighted by atomic mass is 16.5. The lowest BCUT2D eigenvalue weighted by atomic mass is 10.0. The third-order valence-electron chi connectivity index (χ3n) is 3.40. The zero-order chi connectivity index (χ0) is 11.2. The molecule has 16 heavy (non-hydrogen) atoms. The van der Waals surface area contributed by atoms with E-state index < -0.39 is 0 Å². The van der Waals surface area contributed by atoms with Crippen LogP contribution in [0.25, 0.3) is 0 Å². The lowest BCUT2D eigenvalue weighted by Gasteiger charge is -2.25. The Balaban J connectivity index is 1.65. The van der Waals surface area contributed by atoms with Crippen molar-refractivity contribution < 1.29 is 14.3 Å². The lowest BCUT2D eigenvalue weighted by Crippen LogP contribution is -2.42. The van der Waals surface area contributed by atoms with Gasteiger partial charge in [-0.2, -0.15) is 0 Å². The first-order valence-electron chi connectivity index (χ1n) is 6.34. The van der Waals surface area contributed by atoms with Crippen LogP contribution in [0.3, 0.4) is 0 Å². The summed E-state index contributed by atoms with van der Waals surface area (Å²) in [6, 6.07) is -0.0615. The molecular formula is C12H21NO3. The largest absolute Gasteiger partial charge is 0.464 e. The van der Waals surface area contributed by atoms with E-state index in [1.165, 1.54) is 6.42 Å². The van der Waals surface area contributed by atoms with Crippen LogP contribution in [-0.2, 0) is 14.3 Å². The van der Waals surface area contributed by atoms with Gasteiger partial charge in [-0.25, -0.2) is 0 Å². The minimum atomic E-state index is -0.0637. The van der Waals surface area contributed by atoms with Crippen molar-refractivity contribution in [1.82, 2.24) is 5.32 Å². The van der Waals surface area contributed by atoms with Gasteiger partial charge in [-0.1, -0.05) is 6.42 Å². The van der Waals surface area contributed by atoms with E-state index >= 15 is 0 Å². The maximum Gasteiger partial charge on any atom is 0.323 e. The van der Waals surface area contributed by atoms with E-state index in [1.807, 2.05) is 0 Å². The predicted octanol–water partition coefficient (Wildman–Crippen LogP) is 1.10. The summed E-state index contributed by atoms with van der Waals surface area (Å²) in [7, 11) is 0. The van der Waals surface area contributed by atoms with Crippen molar-refractivity contribution in [3.05, 3.63) is 0 Å². The molecule has 1 N–H and O–H groups in total. The Kier molecular flexibility index (Phi) is 4.60. The molecule has 0 radical (unpaired) electrons. The fraction of sp³-hybridized carbons (Fsp3) is 0.917. The first kappa shape index (κ1) is 11.9. The van der Waals surface area contributed by atoms with Gasteiger partial charge in [-0.05, 0) is 38.1 Å². The topological polar surface area (TPSA) is 47.6 Å². The highest BCUT2D eigenvalue weighted by molar-refractivity contribution is 5.75. The first-order chi connectivity index (χ1) is 7.86. The number of ether oxygens (including phenoxy) is 2. The molecule has 0 aromatic heterocycles. The van der Waals surface area contributed by atoms with Crippen LogP contribution in [0.2, 0.25) is 0 Å². The Morgan fingerprint density at radius 2 is 2.06 bits per heavy atom. The van der Waals surface area contributed by atoms with E-state index in [4.69, 9.17) is 9.47 Å². The molecule has 2 heterocycles. The molecule has 2 fully saturated rings. The number of hydrogen-bond donors (Lipinski definition) is 1. The van der Waals surface area contributed by atoms with Gasteiger partial charge < -0.3 is 14.8 Å². The van der Waals surface area contributed by atoms with Crippen molar-refractivity contribution in [3.63, 3.8) is 0 Å². The third kappa shape index (κ3) is 3.46. The summed E-state index contributed by atoms with van der Waals surface area (Å²) < 4.78 is 10.6. The quantitative estimate of drug-likeness (QED) is 0.733. The molecule has 0 bridgehead atoms. The fourth-order valence-electron chi connectivity index (χ4n) is 2.27. The number of nitrogens with one attached hydrogen (secondary N) is 1. The number of rotatable bonds is 3. The summed E-state index contributed by atoms with van der Waals surface area (Å²) >= 11 is 0. The van der Waals surface area contributed by atoms with Gasteiger partial charge in [0.1, 0.15) is 6.04 Å². The maximum atomic E-state index is 11.7. The van der Waals surface area contributed by atoms with Crippen molar-refractivity contribution >= 4 is 5.97 Å². The maximum absolute atomic E-state index is 11.7. The fourth-order valence-corrected chi connectivity index (χ4v) is 2.27. The normalized spacial score (nSPS) is 27.6. The van der Waals surface area contributed by atoms with Crippen LogP contribution < -0.4 is 5.32 Å². The molecule has 2 aliphatic rings. The summed E-state index contributed by atoms with van der Waals surface area (Å²) in [4.78, 5) is 11.7. The zero-order valence-corrected chi connectivity index (χ0v) is 9.74. The van der Waals surface area contributed by atoms with Crippen LogP contribution in [0.5, 0.6) is 0 Å². The van der Waals surface area contributed by atoms with Crippen molar-refractivity contribution in [2.24, 2.45) is 5.92 Å². The molecule has 0 aromatic rings. The molecule has 92 valence electrons. The van der Waals surface area contributed by atoms with Gasteiger partial charge in [-0.3, -0.25) is 4.79 Å². The molecular weight excluding hydrogens is 206 g/mol. The number of carbonyl (C=O) groups is 1. The average Bonchev–Trinajstić information content (AvgIpc) is 2.38. The van der Waals surface area contributed by atoms with Crippen LogP contribution in [-0.4, -0.2) is 38.4 Å². The Morgan fingerprint density at radius 1 is 1.25 bits per heavy atom. The molecule has 0 saturated carbocycles. The molecule has 2 rings (SSSR count). The van der Waals surface area contributed by atoms with Crippen molar-refractivity contribution in [3.8, 4) is 0 Å². The SMILES string of the molecule is O=C(OCC1CCOCC1)[C@H]1CCCCN1. The van der Waals surface area contributed by atoms with E-state index in [0.717, 1.165) is 45.4 Å². The van der Waals surface area contributed by atoms with Crippen molar-refractivity contribution in [2.45, 2.75) is 38.1 Å². The second-order valence-corrected chi connectivity index (χ2v) is 4.69. The second-order valence-electron chi connectivity index (χ2n) is 4.69. The highest BCUT2D eigenvalue weighted by Crippen LogP contribution is 2.16. The smallest absolute Gasteiger partial charge is 0.323 e. The van der Waals surface area contributed by atoms with Crippen LogP contribution in [0.4, 0.5) is 0 Å². The Labute approximate surface area is 96.7 Å². The first-order valence-corrected chi connectivity index (χ1v) is 6.34. The van der Waals surface area contributed by atoms with Gasteiger partial charge in [0, 0.05) is 13.2 Å². The van der Waals surface area contributed by atoms with E-state index in [-0.39, 0.29) is 12.0 Å². The Hall–Kier alpha value is -0.610. The number of esters is 1. The second kappa shape index (κ2) is 6.21. The highest BCUT2D eigenvalue weighted by Gasteiger charge is 2.23.